The number of rotatable bonds is 4. The number of benzene rings is 2. The van der Waals surface area contributed by atoms with Gasteiger partial charge in [0, 0.05) is 12.1 Å². The lowest BCUT2D eigenvalue weighted by Gasteiger charge is -2.36. The molecule has 0 spiro atoms. The predicted molar refractivity (Wildman–Crippen MR) is 105 cm³/mol. The SMILES string of the molecule is COc1cc2c(cc1OC)[C@@H]1[C@H](C#N)[C@@H](C#N)[C@H](C(=O)c3ccccc3)N1CC2. The minimum atomic E-state index is -0.697. The summed E-state index contributed by atoms with van der Waals surface area (Å²) >= 11 is 0. The number of ketones is 1. The first-order valence-corrected chi connectivity index (χ1v) is 9.53. The Balaban J connectivity index is 1.82. The van der Waals surface area contributed by atoms with E-state index in [4.69, 9.17) is 9.47 Å². The molecule has 1 saturated heterocycles. The summed E-state index contributed by atoms with van der Waals surface area (Å²) in [7, 11) is 3.16. The molecule has 2 aliphatic heterocycles. The summed E-state index contributed by atoms with van der Waals surface area (Å²) in [5, 5.41) is 19.8. The monoisotopic (exact) mass is 387 g/mol. The summed E-state index contributed by atoms with van der Waals surface area (Å²) in [6.45, 7) is 0.604. The van der Waals surface area contributed by atoms with Gasteiger partial charge in [0.05, 0.1) is 50.3 Å². The van der Waals surface area contributed by atoms with Crippen molar-refractivity contribution in [3.63, 3.8) is 0 Å². The zero-order valence-electron chi connectivity index (χ0n) is 16.3. The van der Waals surface area contributed by atoms with Crippen LogP contribution >= 0.6 is 0 Å². The fourth-order valence-electron chi connectivity index (χ4n) is 4.70. The number of hydrogen-bond acceptors (Lipinski definition) is 6. The molecular weight excluding hydrogens is 366 g/mol. The molecule has 146 valence electrons. The van der Waals surface area contributed by atoms with E-state index in [0.717, 1.165) is 11.1 Å². The summed E-state index contributed by atoms with van der Waals surface area (Å²) in [5.41, 5.74) is 2.56. The van der Waals surface area contributed by atoms with Crippen molar-refractivity contribution in [3.05, 3.63) is 59.2 Å². The molecule has 2 heterocycles. The zero-order valence-corrected chi connectivity index (χ0v) is 16.3. The third-order valence-electron chi connectivity index (χ3n) is 6.01. The number of fused-ring (bicyclic) bond motifs is 3. The number of ether oxygens (including phenoxy) is 2. The van der Waals surface area contributed by atoms with Crippen molar-refractivity contribution in [2.75, 3.05) is 20.8 Å². The molecule has 0 amide bonds. The van der Waals surface area contributed by atoms with Crippen molar-refractivity contribution < 1.29 is 14.3 Å². The Labute approximate surface area is 169 Å². The molecule has 4 rings (SSSR count). The normalized spacial score (nSPS) is 25.2. The molecule has 0 aromatic heterocycles. The maximum absolute atomic E-state index is 13.3. The van der Waals surface area contributed by atoms with Crippen molar-refractivity contribution in [3.8, 4) is 23.6 Å². The van der Waals surface area contributed by atoms with Crippen LogP contribution in [0.2, 0.25) is 0 Å². The molecule has 29 heavy (non-hydrogen) atoms. The van der Waals surface area contributed by atoms with Gasteiger partial charge in [-0.15, -0.1) is 0 Å². The number of Topliss-reactive ketones (excluding diaryl/α,β-unsaturated/α-hetero) is 1. The Morgan fingerprint density at radius 2 is 1.69 bits per heavy atom. The molecule has 2 aromatic rings. The van der Waals surface area contributed by atoms with Crippen LogP contribution in [-0.2, 0) is 6.42 Å². The number of nitriles is 2. The van der Waals surface area contributed by atoms with E-state index in [2.05, 4.69) is 12.1 Å². The van der Waals surface area contributed by atoms with Crippen molar-refractivity contribution in [1.82, 2.24) is 4.90 Å². The molecule has 0 saturated carbocycles. The molecule has 0 radical (unpaired) electrons. The highest BCUT2D eigenvalue weighted by molar-refractivity contribution is 6.01. The Morgan fingerprint density at radius 1 is 1.03 bits per heavy atom. The van der Waals surface area contributed by atoms with Gasteiger partial charge in [-0.3, -0.25) is 9.69 Å². The Morgan fingerprint density at radius 3 is 2.31 bits per heavy atom. The number of methoxy groups -OCH3 is 2. The van der Waals surface area contributed by atoms with Crippen molar-refractivity contribution in [1.29, 1.82) is 10.5 Å². The maximum atomic E-state index is 13.3. The Hall–Kier alpha value is -3.35. The van der Waals surface area contributed by atoms with E-state index in [1.165, 1.54) is 0 Å². The van der Waals surface area contributed by atoms with Crippen LogP contribution in [0.15, 0.2) is 42.5 Å². The zero-order chi connectivity index (χ0) is 20.5. The molecule has 0 aliphatic carbocycles. The van der Waals surface area contributed by atoms with Gasteiger partial charge < -0.3 is 9.47 Å². The minimum Gasteiger partial charge on any atom is -0.493 e. The van der Waals surface area contributed by atoms with E-state index < -0.39 is 17.9 Å². The second-order valence-electron chi connectivity index (χ2n) is 7.32. The van der Waals surface area contributed by atoms with Gasteiger partial charge in [-0.25, -0.2) is 0 Å². The average molecular weight is 387 g/mol. The van der Waals surface area contributed by atoms with Gasteiger partial charge in [0.2, 0.25) is 0 Å². The highest BCUT2D eigenvalue weighted by atomic mass is 16.5. The van der Waals surface area contributed by atoms with Gasteiger partial charge in [-0.2, -0.15) is 10.5 Å². The second-order valence-corrected chi connectivity index (χ2v) is 7.32. The van der Waals surface area contributed by atoms with Crippen LogP contribution in [-0.4, -0.2) is 37.5 Å². The molecule has 2 aliphatic rings. The standard InChI is InChI=1S/C23H21N3O3/c1-28-19-10-15-8-9-26-21(16(15)11-20(19)29-2)17(12-24)18(13-25)22(26)23(27)14-6-4-3-5-7-14/h3-7,10-11,17-18,21-22H,8-9H2,1-2H3/t17-,18-,21-,22-/m1/s1. The first-order chi connectivity index (χ1) is 14.1. The van der Waals surface area contributed by atoms with E-state index in [-0.39, 0.29) is 11.8 Å². The van der Waals surface area contributed by atoms with E-state index >= 15 is 0 Å². The van der Waals surface area contributed by atoms with E-state index in [1.807, 2.05) is 35.2 Å². The smallest absolute Gasteiger partial charge is 0.181 e. The fraction of sp³-hybridized carbons (Fsp3) is 0.348. The number of nitrogens with zero attached hydrogens (tertiary/aromatic N) is 3. The van der Waals surface area contributed by atoms with E-state index in [9.17, 15) is 15.3 Å². The fourth-order valence-corrected chi connectivity index (χ4v) is 4.70. The summed E-state index contributed by atoms with van der Waals surface area (Å²) in [5.74, 6) is -0.188. The van der Waals surface area contributed by atoms with Gasteiger partial charge in [0.25, 0.3) is 0 Å². The van der Waals surface area contributed by atoms with Crippen LogP contribution in [0.5, 0.6) is 11.5 Å². The van der Waals surface area contributed by atoms with Gasteiger partial charge in [0.1, 0.15) is 0 Å². The first-order valence-electron chi connectivity index (χ1n) is 9.53. The molecule has 6 heteroatoms. The van der Waals surface area contributed by atoms with Crippen molar-refractivity contribution in [2.45, 2.75) is 18.5 Å². The molecule has 6 nitrogen and oxygen atoms in total. The molecule has 2 aromatic carbocycles. The summed E-state index contributed by atoms with van der Waals surface area (Å²) < 4.78 is 10.9. The van der Waals surface area contributed by atoms with Crippen molar-refractivity contribution in [2.24, 2.45) is 11.8 Å². The quantitative estimate of drug-likeness (QED) is 0.749. The van der Waals surface area contributed by atoms with Crippen molar-refractivity contribution >= 4 is 5.78 Å². The lowest BCUT2D eigenvalue weighted by molar-refractivity contribution is 0.0803. The molecular formula is C23H21N3O3. The van der Waals surface area contributed by atoms with Crippen LogP contribution in [0, 0.1) is 34.5 Å². The largest absolute Gasteiger partial charge is 0.493 e. The molecule has 0 N–H and O–H groups in total. The molecule has 0 unspecified atom stereocenters. The summed E-state index contributed by atoms with van der Waals surface area (Å²) in [6.07, 6.45) is 0.709. The molecule has 4 atom stereocenters. The summed E-state index contributed by atoms with van der Waals surface area (Å²) in [6, 6.07) is 16.4. The van der Waals surface area contributed by atoms with Crippen LogP contribution in [0.1, 0.15) is 27.5 Å². The predicted octanol–water partition coefficient (Wildman–Crippen LogP) is 3.15. The minimum absolute atomic E-state index is 0.108. The second kappa shape index (κ2) is 7.58. The highest BCUT2D eigenvalue weighted by Crippen LogP contribution is 2.50. The Bertz CT molecular complexity index is 1020. The summed E-state index contributed by atoms with van der Waals surface area (Å²) in [4.78, 5) is 15.4. The topological polar surface area (TPSA) is 86.3 Å². The van der Waals surface area contributed by atoms with Crippen LogP contribution in [0.3, 0.4) is 0 Å². The average Bonchev–Trinajstić information content (AvgIpc) is 3.11. The Kier molecular flexibility index (Phi) is 4.96. The van der Waals surface area contributed by atoms with Crippen LogP contribution in [0.4, 0.5) is 0 Å². The van der Waals surface area contributed by atoms with Gasteiger partial charge in [-0.1, -0.05) is 30.3 Å². The molecule has 1 fully saturated rings. The van der Waals surface area contributed by atoms with Gasteiger partial charge >= 0.3 is 0 Å². The third kappa shape index (κ3) is 2.93. The lowest BCUT2D eigenvalue weighted by Crippen LogP contribution is -2.43. The third-order valence-corrected chi connectivity index (χ3v) is 6.01. The number of carbonyl (C=O) groups excluding carboxylic acids is 1. The van der Waals surface area contributed by atoms with Gasteiger partial charge in [-0.05, 0) is 29.7 Å². The van der Waals surface area contributed by atoms with E-state index in [1.54, 1.807) is 26.4 Å². The van der Waals surface area contributed by atoms with E-state index in [0.29, 0.717) is 30.0 Å². The van der Waals surface area contributed by atoms with Crippen LogP contribution in [0.25, 0.3) is 0 Å². The first kappa shape index (κ1) is 19.0. The van der Waals surface area contributed by atoms with Gasteiger partial charge in [0.15, 0.2) is 17.3 Å². The van der Waals surface area contributed by atoms with Crippen LogP contribution < -0.4 is 9.47 Å². The number of hydrogen-bond donors (Lipinski definition) is 0. The number of carbonyl (C=O) groups is 1. The molecule has 0 bridgehead atoms. The lowest BCUT2D eigenvalue weighted by atomic mass is 9.82. The highest BCUT2D eigenvalue weighted by Gasteiger charge is 2.54. The maximum Gasteiger partial charge on any atom is 0.181 e.